The van der Waals surface area contributed by atoms with Gasteiger partial charge < -0.3 is 20.7 Å². The maximum atomic E-state index is 11.6. The number of amides is 1. The number of aromatic hydroxyl groups is 1. The number of carboxylic acid groups (broad SMARTS) is 1. The topological polar surface area (TPSA) is 110 Å². The molecule has 0 saturated carbocycles. The van der Waals surface area contributed by atoms with Gasteiger partial charge in [-0.2, -0.15) is 0 Å². The SMILES string of the molecule is CCOc1cc(-c2c(O)c(C(=O)O)cc3ccccc23)ccc1C(N)=O. The quantitative estimate of drug-likeness (QED) is 0.652. The third kappa shape index (κ3) is 2.93. The molecule has 0 saturated heterocycles. The average Bonchev–Trinajstić information content (AvgIpc) is 2.61. The minimum atomic E-state index is -1.23. The number of primary amides is 1. The van der Waals surface area contributed by atoms with Crippen molar-refractivity contribution in [3.05, 3.63) is 59.7 Å². The van der Waals surface area contributed by atoms with Gasteiger partial charge in [-0.05, 0) is 41.5 Å². The summed E-state index contributed by atoms with van der Waals surface area (Å²) in [6, 6.07) is 13.3. The van der Waals surface area contributed by atoms with E-state index in [4.69, 9.17) is 10.5 Å². The summed E-state index contributed by atoms with van der Waals surface area (Å²) in [5.74, 6) is -1.92. The zero-order valence-corrected chi connectivity index (χ0v) is 14.0. The molecule has 0 aliphatic rings. The lowest BCUT2D eigenvalue weighted by atomic mass is 9.93. The van der Waals surface area contributed by atoms with Crippen LogP contribution in [-0.2, 0) is 0 Å². The molecule has 0 bridgehead atoms. The number of carbonyl (C=O) groups is 2. The van der Waals surface area contributed by atoms with Gasteiger partial charge in [-0.15, -0.1) is 0 Å². The fourth-order valence-electron chi connectivity index (χ4n) is 2.95. The van der Waals surface area contributed by atoms with Crippen LogP contribution in [0.15, 0.2) is 48.5 Å². The molecule has 0 unspecified atom stereocenters. The molecule has 0 atom stereocenters. The summed E-state index contributed by atoms with van der Waals surface area (Å²) in [6.45, 7) is 2.10. The van der Waals surface area contributed by atoms with E-state index in [9.17, 15) is 19.8 Å². The van der Waals surface area contributed by atoms with Crippen LogP contribution >= 0.6 is 0 Å². The molecule has 0 aromatic heterocycles. The number of hydrogen-bond acceptors (Lipinski definition) is 4. The number of hydrogen-bond donors (Lipinski definition) is 3. The molecule has 3 rings (SSSR count). The van der Waals surface area contributed by atoms with Gasteiger partial charge in [0, 0.05) is 5.56 Å². The highest BCUT2D eigenvalue weighted by Gasteiger charge is 2.20. The molecular formula is C20H17NO5. The van der Waals surface area contributed by atoms with Crippen LogP contribution in [0.1, 0.15) is 27.6 Å². The van der Waals surface area contributed by atoms with Crippen molar-refractivity contribution in [2.75, 3.05) is 6.61 Å². The van der Waals surface area contributed by atoms with Crippen molar-refractivity contribution in [1.82, 2.24) is 0 Å². The number of rotatable bonds is 5. The summed E-state index contributed by atoms with van der Waals surface area (Å²) in [7, 11) is 0. The third-order valence-corrected chi connectivity index (χ3v) is 4.09. The second-order valence-corrected chi connectivity index (χ2v) is 5.68. The lowest BCUT2D eigenvalue weighted by Crippen LogP contribution is -2.13. The van der Waals surface area contributed by atoms with Gasteiger partial charge in [0.15, 0.2) is 0 Å². The maximum absolute atomic E-state index is 11.6. The fourth-order valence-corrected chi connectivity index (χ4v) is 2.95. The Kier molecular flexibility index (Phi) is 4.49. The Hall–Kier alpha value is -3.54. The van der Waals surface area contributed by atoms with Crippen LogP contribution in [0.3, 0.4) is 0 Å². The molecule has 3 aromatic rings. The standard InChI is InChI=1S/C20H17NO5/c1-2-26-16-10-12(7-8-14(16)19(21)23)17-13-6-4-3-5-11(13)9-15(18(17)22)20(24)25/h3-10,22H,2H2,1H3,(H2,21,23)(H,24,25). The second-order valence-electron chi connectivity index (χ2n) is 5.68. The van der Waals surface area contributed by atoms with Crippen LogP contribution < -0.4 is 10.5 Å². The molecule has 0 heterocycles. The molecule has 26 heavy (non-hydrogen) atoms. The Morgan fingerprint density at radius 1 is 1.08 bits per heavy atom. The van der Waals surface area contributed by atoms with Crippen LogP contribution in [0.2, 0.25) is 0 Å². The Morgan fingerprint density at radius 3 is 2.46 bits per heavy atom. The molecule has 1 amide bonds. The first-order valence-corrected chi connectivity index (χ1v) is 7.99. The summed E-state index contributed by atoms with van der Waals surface area (Å²) in [6.07, 6.45) is 0. The van der Waals surface area contributed by atoms with Crippen LogP contribution in [-0.4, -0.2) is 28.7 Å². The molecule has 0 aliphatic heterocycles. The third-order valence-electron chi connectivity index (χ3n) is 4.09. The number of fused-ring (bicyclic) bond motifs is 1. The summed E-state index contributed by atoms with van der Waals surface area (Å²) < 4.78 is 5.49. The van der Waals surface area contributed by atoms with Crippen molar-refractivity contribution in [1.29, 1.82) is 0 Å². The smallest absolute Gasteiger partial charge is 0.339 e. The molecule has 0 fully saturated rings. The van der Waals surface area contributed by atoms with Crippen LogP contribution in [0.4, 0.5) is 0 Å². The Morgan fingerprint density at radius 2 is 1.81 bits per heavy atom. The number of phenols is 1. The Labute approximate surface area is 149 Å². The molecule has 3 aromatic carbocycles. The van der Waals surface area contributed by atoms with Crippen molar-refractivity contribution >= 4 is 22.6 Å². The van der Waals surface area contributed by atoms with E-state index in [1.54, 1.807) is 43.3 Å². The van der Waals surface area contributed by atoms with Crippen molar-refractivity contribution in [2.45, 2.75) is 6.92 Å². The van der Waals surface area contributed by atoms with E-state index in [0.29, 0.717) is 28.5 Å². The first-order chi connectivity index (χ1) is 12.4. The number of carbonyl (C=O) groups excluding carboxylic acids is 1. The number of aromatic carboxylic acids is 1. The summed E-state index contributed by atoms with van der Waals surface area (Å²) in [5, 5.41) is 21.4. The highest BCUT2D eigenvalue weighted by atomic mass is 16.5. The molecule has 0 aliphatic carbocycles. The van der Waals surface area contributed by atoms with Gasteiger partial charge in [-0.25, -0.2) is 4.79 Å². The molecule has 132 valence electrons. The number of benzene rings is 3. The predicted octanol–water partition coefficient (Wildman–Crippen LogP) is 3.41. The fraction of sp³-hybridized carbons (Fsp3) is 0.100. The molecular weight excluding hydrogens is 334 g/mol. The Balaban J connectivity index is 2.34. The zero-order chi connectivity index (χ0) is 18.8. The minimum Gasteiger partial charge on any atom is -0.506 e. The summed E-state index contributed by atoms with van der Waals surface area (Å²) in [5.41, 5.74) is 6.27. The summed E-state index contributed by atoms with van der Waals surface area (Å²) >= 11 is 0. The van der Waals surface area contributed by atoms with Gasteiger partial charge in [0.2, 0.25) is 0 Å². The van der Waals surface area contributed by atoms with Gasteiger partial charge in [-0.1, -0.05) is 30.3 Å². The number of ether oxygens (including phenoxy) is 1. The monoisotopic (exact) mass is 351 g/mol. The van der Waals surface area contributed by atoms with Gasteiger partial charge in [0.25, 0.3) is 5.91 Å². The van der Waals surface area contributed by atoms with E-state index < -0.39 is 11.9 Å². The van der Waals surface area contributed by atoms with Crippen molar-refractivity contribution in [2.24, 2.45) is 5.73 Å². The molecule has 0 spiro atoms. The van der Waals surface area contributed by atoms with Gasteiger partial charge >= 0.3 is 5.97 Å². The maximum Gasteiger partial charge on any atom is 0.339 e. The van der Waals surface area contributed by atoms with E-state index in [-0.39, 0.29) is 22.6 Å². The molecule has 6 heteroatoms. The van der Waals surface area contributed by atoms with Crippen LogP contribution in [0, 0.1) is 0 Å². The van der Waals surface area contributed by atoms with Gasteiger partial charge in [-0.3, -0.25) is 4.79 Å². The zero-order valence-electron chi connectivity index (χ0n) is 14.0. The second kappa shape index (κ2) is 6.76. The lowest BCUT2D eigenvalue weighted by molar-refractivity contribution is 0.0693. The first-order valence-electron chi connectivity index (χ1n) is 7.99. The van der Waals surface area contributed by atoms with Crippen molar-refractivity contribution < 1.29 is 24.5 Å². The minimum absolute atomic E-state index is 0.198. The average molecular weight is 351 g/mol. The Bertz CT molecular complexity index is 1030. The molecule has 0 radical (unpaired) electrons. The van der Waals surface area contributed by atoms with E-state index in [1.165, 1.54) is 12.1 Å². The number of carboxylic acids is 1. The lowest BCUT2D eigenvalue weighted by Gasteiger charge is -2.15. The highest BCUT2D eigenvalue weighted by Crippen LogP contribution is 2.40. The molecule has 6 nitrogen and oxygen atoms in total. The van der Waals surface area contributed by atoms with E-state index in [2.05, 4.69) is 0 Å². The van der Waals surface area contributed by atoms with E-state index >= 15 is 0 Å². The number of nitrogens with two attached hydrogens (primary N) is 1. The van der Waals surface area contributed by atoms with Gasteiger partial charge in [0.1, 0.15) is 17.1 Å². The first kappa shape index (κ1) is 17.3. The van der Waals surface area contributed by atoms with Crippen molar-refractivity contribution in [3.63, 3.8) is 0 Å². The highest BCUT2D eigenvalue weighted by molar-refractivity contribution is 6.07. The summed E-state index contributed by atoms with van der Waals surface area (Å²) in [4.78, 5) is 23.1. The van der Waals surface area contributed by atoms with Gasteiger partial charge in [0.05, 0.1) is 12.2 Å². The predicted molar refractivity (Wildman–Crippen MR) is 97.7 cm³/mol. The van der Waals surface area contributed by atoms with E-state index in [1.807, 2.05) is 0 Å². The molecule has 4 N–H and O–H groups in total. The largest absolute Gasteiger partial charge is 0.506 e. The normalized spacial score (nSPS) is 10.7. The van der Waals surface area contributed by atoms with Crippen LogP contribution in [0.5, 0.6) is 11.5 Å². The van der Waals surface area contributed by atoms with E-state index in [0.717, 1.165) is 0 Å². The van der Waals surface area contributed by atoms with Crippen molar-refractivity contribution in [3.8, 4) is 22.6 Å². The van der Waals surface area contributed by atoms with Crippen LogP contribution in [0.25, 0.3) is 21.9 Å².